The Bertz CT molecular complexity index is 644. The number of aromatic nitrogens is 1. The molecule has 2 aromatic rings. The maximum atomic E-state index is 10.6. The van der Waals surface area contributed by atoms with Gasteiger partial charge in [0, 0.05) is 24.4 Å². The van der Waals surface area contributed by atoms with Crippen molar-refractivity contribution in [1.29, 1.82) is 0 Å². The Morgan fingerprint density at radius 2 is 1.95 bits per heavy atom. The molecule has 0 bridgehead atoms. The highest BCUT2D eigenvalue weighted by Gasteiger charge is 2.18. The van der Waals surface area contributed by atoms with Gasteiger partial charge in [-0.05, 0) is 47.1 Å². The minimum absolute atomic E-state index is 0.195. The van der Waals surface area contributed by atoms with Crippen molar-refractivity contribution in [1.82, 2.24) is 4.98 Å². The van der Waals surface area contributed by atoms with Gasteiger partial charge in [-0.3, -0.25) is 4.98 Å². The number of aryl methyl sites for hydroxylation is 1. The Kier molecular flexibility index (Phi) is 4.56. The first kappa shape index (κ1) is 15.4. The second-order valence-corrected chi connectivity index (χ2v) is 6.22. The maximum absolute atomic E-state index is 10.6. The van der Waals surface area contributed by atoms with E-state index in [0.29, 0.717) is 6.42 Å². The normalized spacial score (nSPS) is 11.4. The van der Waals surface area contributed by atoms with Crippen LogP contribution in [0, 0.1) is 6.92 Å². The van der Waals surface area contributed by atoms with Crippen LogP contribution in [0.2, 0.25) is 0 Å². The second-order valence-electron chi connectivity index (χ2n) is 6.22. The van der Waals surface area contributed by atoms with Crippen molar-refractivity contribution in [3.8, 4) is 11.1 Å². The molecule has 2 rings (SSSR count). The molecule has 1 heterocycles. The predicted octanol–water partition coefficient (Wildman–Crippen LogP) is 4.49. The van der Waals surface area contributed by atoms with Crippen LogP contribution < -0.4 is 0 Å². The second kappa shape index (κ2) is 6.21. The van der Waals surface area contributed by atoms with Gasteiger partial charge in [0.15, 0.2) is 0 Å². The molecular weight excluding hydrogens is 258 g/mol. The number of pyridine rings is 1. The van der Waals surface area contributed by atoms with Crippen LogP contribution >= 0.6 is 0 Å². The lowest BCUT2D eigenvalue weighted by molar-refractivity contribution is -0.107. The lowest BCUT2D eigenvalue weighted by Gasteiger charge is -2.24. The largest absolute Gasteiger partial charge is 0.303 e. The van der Waals surface area contributed by atoms with Crippen molar-refractivity contribution in [2.24, 2.45) is 0 Å². The zero-order valence-electron chi connectivity index (χ0n) is 13.3. The minimum Gasteiger partial charge on any atom is -0.303 e. The summed E-state index contributed by atoms with van der Waals surface area (Å²) < 4.78 is 0. The van der Waals surface area contributed by atoms with Crippen LogP contribution in [0.15, 0.2) is 36.7 Å². The molecule has 0 aliphatic heterocycles. The summed E-state index contributed by atoms with van der Waals surface area (Å²) >= 11 is 0. The van der Waals surface area contributed by atoms with Gasteiger partial charge in [0.2, 0.25) is 0 Å². The molecule has 1 aromatic carbocycles. The number of hydrogen-bond acceptors (Lipinski definition) is 2. The van der Waals surface area contributed by atoms with Crippen LogP contribution in [-0.2, 0) is 16.6 Å². The summed E-state index contributed by atoms with van der Waals surface area (Å²) in [5, 5.41) is 0. The van der Waals surface area contributed by atoms with Crippen LogP contribution in [0.25, 0.3) is 11.1 Å². The molecule has 0 aliphatic carbocycles. The third-order valence-electron chi connectivity index (χ3n) is 4.32. The highest BCUT2D eigenvalue weighted by atomic mass is 16.1. The molecule has 0 spiro atoms. The van der Waals surface area contributed by atoms with Gasteiger partial charge in [-0.1, -0.05) is 39.0 Å². The van der Waals surface area contributed by atoms with E-state index in [1.807, 2.05) is 12.3 Å². The molecule has 2 nitrogen and oxygen atoms in total. The smallest absolute Gasteiger partial charge is 0.124 e. The van der Waals surface area contributed by atoms with Crippen molar-refractivity contribution >= 4 is 6.29 Å². The van der Waals surface area contributed by atoms with Crippen molar-refractivity contribution in [2.75, 3.05) is 0 Å². The van der Waals surface area contributed by atoms with Gasteiger partial charge in [-0.25, -0.2) is 0 Å². The van der Waals surface area contributed by atoms with Crippen molar-refractivity contribution in [3.63, 3.8) is 0 Å². The maximum Gasteiger partial charge on any atom is 0.124 e. The Morgan fingerprint density at radius 3 is 2.57 bits per heavy atom. The molecule has 2 heteroatoms. The van der Waals surface area contributed by atoms with Crippen LogP contribution in [0.4, 0.5) is 0 Å². The predicted molar refractivity (Wildman–Crippen MR) is 87.5 cm³/mol. The van der Waals surface area contributed by atoms with E-state index < -0.39 is 0 Å². The quantitative estimate of drug-likeness (QED) is 0.756. The van der Waals surface area contributed by atoms with Gasteiger partial charge in [0.1, 0.15) is 6.29 Å². The molecule has 110 valence electrons. The monoisotopic (exact) mass is 281 g/mol. The van der Waals surface area contributed by atoms with Crippen molar-refractivity contribution in [3.05, 3.63) is 53.3 Å². The molecule has 0 unspecified atom stereocenters. The molecule has 0 saturated heterocycles. The highest BCUT2D eigenvalue weighted by molar-refractivity contribution is 5.68. The Morgan fingerprint density at radius 1 is 1.19 bits per heavy atom. The number of aldehydes is 1. The van der Waals surface area contributed by atoms with Gasteiger partial charge in [0.25, 0.3) is 0 Å². The molecular formula is C19H23NO. The van der Waals surface area contributed by atoms with E-state index in [0.717, 1.165) is 23.8 Å². The average molecular weight is 281 g/mol. The van der Waals surface area contributed by atoms with Crippen LogP contribution in [0.1, 0.15) is 43.9 Å². The number of nitrogens with zero attached hydrogens (tertiary/aromatic N) is 1. The van der Waals surface area contributed by atoms with Crippen LogP contribution in [0.5, 0.6) is 0 Å². The molecule has 0 radical (unpaired) electrons. The molecule has 0 atom stereocenters. The topological polar surface area (TPSA) is 30.0 Å². The third-order valence-corrected chi connectivity index (χ3v) is 4.32. The first-order valence-corrected chi connectivity index (χ1v) is 7.47. The average Bonchev–Trinajstić information content (AvgIpc) is 2.47. The molecule has 0 fully saturated rings. The summed E-state index contributed by atoms with van der Waals surface area (Å²) in [6.45, 7) is 8.90. The van der Waals surface area contributed by atoms with Crippen molar-refractivity contribution in [2.45, 2.75) is 46.0 Å². The number of rotatable bonds is 5. The summed E-state index contributed by atoms with van der Waals surface area (Å²) in [6.07, 6.45) is 6.06. The van der Waals surface area contributed by atoms with E-state index in [1.165, 1.54) is 16.7 Å². The SMILES string of the molecule is CCC(C)(C)c1ccc(-c2cncc(CC=O)c2)c(C)c1. The molecule has 0 aliphatic rings. The van der Waals surface area contributed by atoms with E-state index in [1.54, 1.807) is 6.20 Å². The fourth-order valence-corrected chi connectivity index (χ4v) is 2.46. The van der Waals surface area contributed by atoms with Gasteiger partial charge in [-0.15, -0.1) is 0 Å². The third kappa shape index (κ3) is 3.38. The van der Waals surface area contributed by atoms with Gasteiger partial charge < -0.3 is 4.79 Å². The molecule has 0 N–H and O–H groups in total. The fraction of sp³-hybridized carbons (Fsp3) is 0.368. The summed E-state index contributed by atoms with van der Waals surface area (Å²) in [7, 11) is 0. The van der Waals surface area contributed by atoms with Crippen LogP contribution in [0.3, 0.4) is 0 Å². The Balaban J connectivity index is 2.42. The lowest BCUT2D eigenvalue weighted by Crippen LogP contribution is -2.15. The molecule has 1 aromatic heterocycles. The molecule has 0 amide bonds. The first-order valence-electron chi connectivity index (χ1n) is 7.47. The number of hydrogen-bond donors (Lipinski definition) is 0. The van der Waals surface area contributed by atoms with Gasteiger partial charge in [-0.2, -0.15) is 0 Å². The van der Waals surface area contributed by atoms with Crippen LogP contribution in [-0.4, -0.2) is 11.3 Å². The van der Waals surface area contributed by atoms with Crippen molar-refractivity contribution < 1.29 is 4.79 Å². The van der Waals surface area contributed by atoms with E-state index in [2.05, 4.69) is 50.9 Å². The van der Waals surface area contributed by atoms with E-state index in [9.17, 15) is 4.79 Å². The van der Waals surface area contributed by atoms with Gasteiger partial charge >= 0.3 is 0 Å². The first-order chi connectivity index (χ1) is 9.97. The van der Waals surface area contributed by atoms with Gasteiger partial charge in [0.05, 0.1) is 0 Å². The van der Waals surface area contributed by atoms with E-state index in [4.69, 9.17) is 0 Å². The Labute approximate surface area is 127 Å². The summed E-state index contributed by atoms with van der Waals surface area (Å²) in [6, 6.07) is 8.70. The zero-order valence-corrected chi connectivity index (χ0v) is 13.3. The standard InChI is InChI=1S/C19H23NO/c1-5-19(3,4)17-6-7-18(14(2)10-17)16-11-15(8-9-21)12-20-13-16/h6-7,9-13H,5,8H2,1-4H3. The number of benzene rings is 1. The fourth-order valence-electron chi connectivity index (χ4n) is 2.46. The van der Waals surface area contributed by atoms with E-state index >= 15 is 0 Å². The highest BCUT2D eigenvalue weighted by Crippen LogP contribution is 2.31. The van der Waals surface area contributed by atoms with E-state index in [-0.39, 0.29) is 5.41 Å². The zero-order chi connectivity index (χ0) is 15.5. The number of carbonyl (C=O) groups excluding carboxylic acids is 1. The molecule has 21 heavy (non-hydrogen) atoms. The lowest BCUT2D eigenvalue weighted by atomic mass is 9.81. The Hall–Kier alpha value is -1.96. The molecule has 0 saturated carbocycles. The summed E-state index contributed by atoms with van der Waals surface area (Å²) in [5.41, 5.74) is 6.03. The number of carbonyl (C=O) groups is 1. The summed E-state index contributed by atoms with van der Waals surface area (Å²) in [5.74, 6) is 0. The summed E-state index contributed by atoms with van der Waals surface area (Å²) in [4.78, 5) is 14.9. The minimum atomic E-state index is 0.195.